The molecule has 0 aliphatic rings. The van der Waals surface area contributed by atoms with E-state index in [0.717, 1.165) is 24.5 Å². The van der Waals surface area contributed by atoms with Gasteiger partial charge in [0, 0.05) is 24.0 Å². The van der Waals surface area contributed by atoms with Crippen LogP contribution in [0.2, 0.25) is 0 Å². The number of hydrogen-bond acceptors (Lipinski definition) is 4. The highest BCUT2D eigenvalue weighted by Crippen LogP contribution is 2.19. The maximum atomic E-state index is 13.3. The molecule has 0 saturated heterocycles. The zero-order valence-corrected chi connectivity index (χ0v) is 11.0. The van der Waals surface area contributed by atoms with Gasteiger partial charge in [0.15, 0.2) is 0 Å². The molecule has 0 atom stereocenters. The van der Waals surface area contributed by atoms with Gasteiger partial charge < -0.3 is 5.73 Å². The van der Waals surface area contributed by atoms with E-state index in [1.54, 1.807) is 0 Å². The Labute approximate surface area is 114 Å². The van der Waals surface area contributed by atoms with Crippen LogP contribution >= 0.6 is 0 Å². The van der Waals surface area contributed by atoms with Crippen LogP contribution in [0.15, 0.2) is 41.6 Å². The summed E-state index contributed by atoms with van der Waals surface area (Å²) in [7, 11) is -3.99. The second-order valence-corrected chi connectivity index (χ2v) is 5.64. The van der Waals surface area contributed by atoms with Crippen molar-refractivity contribution in [2.75, 3.05) is 4.72 Å². The van der Waals surface area contributed by atoms with Gasteiger partial charge in [-0.1, -0.05) is 0 Å². The molecule has 1 aromatic heterocycles. The Balaban J connectivity index is 2.33. The third-order valence-electron chi connectivity index (χ3n) is 2.51. The quantitative estimate of drug-likeness (QED) is 0.898. The van der Waals surface area contributed by atoms with E-state index in [2.05, 4.69) is 9.71 Å². The number of anilines is 1. The fraction of sp³-hybridized carbons (Fsp3) is 0.0833. The first-order valence-electron chi connectivity index (χ1n) is 5.54. The van der Waals surface area contributed by atoms with Crippen LogP contribution in [0.25, 0.3) is 0 Å². The molecule has 0 aliphatic carbocycles. The second kappa shape index (κ2) is 5.51. The number of nitrogens with zero attached hydrogens (tertiary/aromatic N) is 1. The summed E-state index contributed by atoms with van der Waals surface area (Å²) in [4.78, 5) is 3.14. The van der Waals surface area contributed by atoms with Crippen LogP contribution in [0.4, 0.5) is 14.5 Å². The van der Waals surface area contributed by atoms with E-state index in [-0.39, 0.29) is 22.7 Å². The Morgan fingerprint density at radius 2 is 1.95 bits per heavy atom. The average molecular weight is 299 g/mol. The number of hydrogen-bond donors (Lipinski definition) is 2. The number of sulfonamides is 1. The number of pyridine rings is 1. The number of halogens is 2. The summed E-state index contributed by atoms with van der Waals surface area (Å²) >= 11 is 0. The zero-order chi connectivity index (χ0) is 14.8. The Bertz CT molecular complexity index is 735. The third-order valence-corrected chi connectivity index (χ3v) is 3.86. The van der Waals surface area contributed by atoms with Crippen molar-refractivity contribution in [3.05, 3.63) is 53.9 Å². The van der Waals surface area contributed by atoms with Crippen molar-refractivity contribution in [1.29, 1.82) is 0 Å². The molecule has 8 heteroatoms. The largest absolute Gasteiger partial charge is 0.326 e. The zero-order valence-electron chi connectivity index (χ0n) is 10.2. The van der Waals surface area contributed by atoms with Gasteiger partial charge in [0.2, 0.25) is 0 Å². The molecule has 1 aromatic carbocycles. The molecule has 0 saturated carbocycles. The molecular formula is C12H11F2N3O2S. The molecular weight excluding hydrogens is 288 g/mol. The van der Waals surface area contributed by atoms with Crippen LogP contribution in [-0.4, -0.2) is 13.4 Å². The van der Waals surface area contributed by atoms with Crippen molar-refractivity contribution < 1.29 is 17.2 Å². The van der Waals surface area contributed by atoms with Gasteiger partial charge >= 0.3 is 0 Å². The van der Waals surface area contributed by atoms with Gasteiger partial charge in [0.05, 0.1) is 6.20 Å². The molecule has 106 valence electrons. The summed E-state index contributed by atoms with van der Waals surface area (Å²) in [6.07, 6.45) is 1.90. The Morgan fingerprint density at radius 1 is 1.20 bits per heavy atom. The van der Waals surface area contributed by atoms with Crippen molar-refractivity contribution in [3.8, 4) is 0 Å². The highest BCUT2D eigenvalue weighted by molar-refractivity contribution is 7.92. The molecule has 5 nitrogen and oxygen atoms in total. The van der Waals surface area contributed by atoms with Crippen molar-refractivity contribution >= 4 is 15.7 Å². The number of rotatable bonds is 4. The molecule has 1 heterocycles. The maximum Gasteiger partial charge on any atom is 0.263 e. The molecule has 0 unspecified atom stereocenters. The third kappa shape index (κ3) is 3.09. The second-order valence-electron chi connectivity index (χ2n) is 3.95. The van der Waals surface area contributed by atoms with Gasteiger partial charge in [-0.25, -0.2) is 17.2 Å². The monoisotopic (exact) mass is 299 g/mol. The topological polar surface area (TPSA) is 85.1 Å². The summed E-state index contributed by atoms with van der Waals surface area (Å²) in [5.41, 5.74) is 5.64. The minimum atomic E-state index is -3.99. The molecule has 0 fully saturated rings. The Kier molecular flexibility index (Phi) is 3.96. The van der Waals surface area contributed by atoms with E-state index < -0.39 is 21.7 Å². The molecule has 0 bridgehead atoms. The van der Waals surface area contributed by atoms with Gasteiger partial charge in [-0.3, -0.25) is 9.71 Å². The standard InChI is InChI=1S/C12H11F2N3O2S/c13-9-4-11(7-16-6-9)20(18,19)17-10-1-2-12(14)8(3-10)5-15/h1-4,6-7,17H,5,15H2. The molecule has 0 spiro atoms. The average Bonchev–Trinajstić information content (AvgIpc) is 2.40. The van der Waals surface area contributed by atoms with E-state index >= 15 is 0 Å². The van der Waals surface area contributed by atoms with Crippen LogP contribution in [0.5, 0.6) is 0 Å². The molecule has 0 amide bonds. The fourth-order valence-corrected chi connectivity index (χ4v) is 2.57. The molecule has 0 radical (unpaired) electrons. The summed E-state index contributed by atoms with van der Waals surface area (Å²) in [6, 6.07) is 4.46. The normalized spacial score (nSPS) is 11.3. The van der Waals surface area contributed by atoms with Gasteiger partial charge in [0.25, 0.3) is 10.0 Å². The molecule has 20 heavy (non-hydrogen) atoms. The predicted molar refractivity (Wildman–Crippen MR) is 69.3 cm³/mol. The van der Waals surface area contributed by atoms with E-state index in [4.69, 9.17) is 5.73 Å². The number of nitrogens with one attached hydrogen (secondary N) is 1. The summed E-state index contributed by atoms with van der Waals surface area (Å²) in [5.74, 6) is -1.29. The van der Waals surface area contributed by atoms with Crippen LogP contribution in [0.3, 0.4) is 0 Å². The number of aromatic nitrogens is 1. The number of nitrogens with two attached hydrogens (primary N) is 1. The van der Waals surface area contributed by atoms with Crippen LogP contribution < -0.4 is 10.5 Å². The van der Waals surface area contributed by atoms with Crippen molar-refractivity contribution in [1.82, 2.24) is 4.98 Å². The van der Waals surface area contributed by atoms with E-state index in [1.807, 2.05) is 0 Å². The smallest absolute Gasteiger partial charge is 0.263 e. The highest BCUT2D eigenvalue weighted by Gasteiger charge is 2.16. The van der Waals surface area contributed by atoms with E-state index in [9.17, 15) is 17.2 Å². The Hall–Kier alpha value is -2.06. The lowest BCUT2D eigenvalue weighted by molar-refractivity contribution is 0.592. The predicted octanol–water partition coefficient (Wildman–Crippen LogP) is 1.62. The molecule has 2 aromatic rings. The number of benzene rings is 1. The van der Waals surface area contributed by atoms with Gasteiger partial charge in [-0.05, 0) is 24.3 Å². The highest BCUT2D eigenvalue weighted by atomic mass is 32.2. The first-order chi connectivity index (χ1) is 9.42. The lowest BCUT2D eigenvalue weighted by Gasteiger charge is -2.09. The van der Waals surface area contributed by atoms with Crippen LogP contribution in [0, 0.1) is 11.6 Å². The van der Waals surface area contributed by atoms with Crippen LogP contribution in [-0.2, 0) is 16.6 Å². The molecule has 0 aliphatic heterocycles. The van der Waals surface area contributed by atoms with E-state index in [0.29, 0.717) is 0 Å². The molecule has 3 N–H and O–H groups in total. The molecule has 2 rings (SSSR count). The van der Waals surface area contributed by atoms with Crippen molar-refractivity contribution in [3.63, 3.8) is 0 Å². The lowest BCUT2D eigenvalue weighted by atomic mass is 10.2. The van der Waals surface area contributed by atoms with Gasteiger partial charge in [-0.15, -0.1) is 0 Å². The SMILES string of the molecule is NCc1cc(NS(=O)(=O)c2cncc(F)c2)ccc1F. The summed E-state index contributed by atoms with van der Waals surface area (Å²) in [6.45, 7) is -0.0665. The van der Waals surface area contributed by atoms with E-state index in [1.165, 1.54) is 12.1 Å². The first kappa shape index (κ1) is 14.4. The van der Waals surface area contributed by atoms with Gasteiger partial charge in [-0.2, -0.15) is 0 Å². The lowest BCUT2D eigenvalue weighted by Crippen LogP contribution is -2.14. The fourth-order valence-electron chi connectivity index (χ4n) is 1.55. The first-order valence-corrected chi connectivity index (χ1v) is 7.02. The van der Waals surface area contributed by atoms with Crippen molar-refractivity contribution in [2.24, 2.45) is 5.73 Å². The van der Waals surface area contributed by atoms with Gasteiger partial charge in [0.1, 0.15) is 16.5 Å². The van der Waals surface area contributed by atoms with Crippen molar-refractivity contribution in [2.45, 2.75) is 11.4 Å². The Morgan fingerprint density at radius 3 is 2.60 bits per heavy atom. The maximum absolute atomic E-state index is 13.3. The minimum Gasteiger partial charge on any atom is -0.326 e. The summed E-state index contributed by atoms with van der Waals surface area (Å²) < 4.78 is 52.4. The summed E-state index contributed by atoms with van der Waals surface area (Å²) in [5, 5.41) is 0. The minimum absolute atomic E-state index is 0.0665. The van der Waals surface area contributed by atoms with Crippen LogP contribution in [0.1, 0.15) is 5.56 Å².